The van der Waals surface area contributed by atoms with Gasteiger partial charge in [0.05, 0.1) is 5.92 Å². The van der Waals surface area contributed by atoms with Gasteiger partial charge in [-0.3, -0.25) is 4.79 Å². The molecule has 0 aromatic rings. The van der Waals surface area contributed by atoms with Crippen LogP contribution in [0.3, 0.4) is 0 Å². The molecule has 2 saturated heterocycles. The molecule has 0 saturated carbocycles. The van der Waals surface area contributed by atoms with Crippen molar-refractivity contribution in [3.63, 3.8) is 0 Å². The van der Waals surface area contributed by atoms with Gasteiger partial charge in [-0.05, 0) is 20.3 Å². The molecule has 110 valence electrons. The molecule has 0 N–H and O–H groups in total. The molecule has 0 aliphatic carbocycles. The molecule has 2 aliphatic rings. The molecule has 5 nitrogen and oxygen atoms in total. The number of hydrogen-bond acceptors (Lipinski definition) is 5. The van der Waals surface area contributed by atoms with Crippen LogP contribution in [-0.2, 0) is 23.7 Å². The molecule has 2 fully saturated rings. The summed E-state index contributed by atoms with van der Waals surface area (Å²) >= 11 is 0. The first-order valence-corrected chi connectivity index (χ1v) is 7.04. The van der Waals surface area contributed by atoms with E-state index in [0.29, 0.717) is 6.42 Å². The summed E-state index contributed by atoms with van der Waals surface area (Å²) in [7, 11) is 0. The third-order valence-electron chi connectivity index (χ3n) is 3.47. The molecule has 4 atom stereocenters. The van der Waals surface area contributed by atoms with Crippen molar-refractivity contribution in [3.05, 3.63) is 0 Å². The number of hydrogen-bond donors (Lipinski definition) is 0. The van der Waals surface area contributed by atoms with Gasteiger partial charge in [0, 0.05) is 6.42 Å². The molecule has 1 unspecified atom stereocenters. The fraction of sp³-hybridized carbons (Fsp3) is 0.929. The zero-order valence-electron chi connectivity index (χ0n) is 12.3. The molecule has 2 rings (SSSR count). The maximum Gasteiger partial charge on any atom is 0.308 e. The maximum atomic E-state index is 11.7. The van der Waals surface area contributed by atoms with E-state index in [9.17, 15) is 4.79 Å². The Morgan fingerprint density at radius 3 is 2.58 bits per heavy atom. The Morgan fingerprint density at radius 1 is 1.37 bits per heavy atom. The fourth-order valence-corrected chi connectivity index (χ4v) is 2.48. The van der Waals surface area contributed by atoms with Crippen LogP contribution in [0.4, 0.5) is 0 Å². The van der Waals surface area contributed by atoms with Crippen LogP contribution >= 0.6 is 0 Å². The number of carbonyl (C=O) groups is 1. The third-order valence-corrected chi connectivity index (χ3v) is 3.47. The van der Waals surface area contributed by atoms with Crippen molar-refractivity contribution in [2.45, 2.75) is 77.8 Å². The Kier molecular flexibility index (Phi) is 4.18. The van der Waals surface area contributed by atoms with Gasteiger partial charge in [0.25, 0.3) is 0 Å². The van der Waals surface area contributed by atoms with E-state index in [1.54, 1.807) is 0 Å². The molecule has 2 aliphatic heterocycles. The molecule has 0 bridgehead atoms. The minimum Gasteiger partial charge on any atom is -0.459 e. The van der Waals surface area contributed by atoms with Gasteiger partial charge in [-0.15, -0.1) is 0 Å². The van der Waals surface area contributed by atoms with Crippen molar-refractivity contribution in [2.24, 2.45) is 5.92 Å². The van der Waals surface area contributed by atoms with Crippen LogP contribution in [0.1, 0.15) is 47.5 Å². The Balaban J connectivity index is 1.91. The van der Waals surface area contributed by atoms with E-state index in [2.05, 4.69) is 0 Å². The van der Waals surface area contributed by atoms with Crippen molar-refractivity contribution in [1.82, 2.24) is 0 Å². The molecule has 0 radical (unpaired) electrons. The lowest BCUT2D eigenvalue weighted by Crippen LogP contribution is -2.34. The second kappa shape index (κ2) is 5.38. The number of rotatable bonds is 4. The lowest BCUT2D eigenvalue weighted by molar-refractivity contribution is -0.218. The average Bonchev–Trinajstić information content (AvgIpc) is 2.78. The summed E-state index contributed by atoms with van der Waals surface area (Å²) in [6.45, 7) is 9.39. The van der Waals surface area contributed by atoms with Gasteiger partial charge in [-0.25, -0.2) is 0 Å². The van der Waals surface area contributed by atoms with Crippen LogP contribution < -0.4 is 0 Å². The largest absolute Gasteiger partial charge is 0.459 e. The quantitative estimate of drug-likeness (QED) is 0.735. The van der Waals surface area contributed by atoms with Crippen LogP contribution in [0.2, 0.25) is 0 Å². The number of fused-ring (bicyclic) bond motifs is 1. The monoisotopic (exact) mass is 272 g/mol. The topological polar surface area (TPSA) is 54.0 Å². The van der Waals surface area contributed by atoms with Gasteiger partial charge in [0.2, 0.25) is 0 Å². The summed E-state index contributed by atoms with van der Waals surface area (Å²) in [6.07, 6.45) is 0.664. The smallest absolute Gasteiger partial charge is 0.308 e. The molecule has 0 amide bonds. The number of esters is 1. The third kappa shape index (κ3) is 3.27. The van der Waals surface area contributed by atoms with Gasteiger partial charge in [-0.1, -0.05) is 20.8 Å². The maximum absolute atomic E-state index is 11.7. The predicted molar refractivity (Wildman–Crippen MR) is 68.3 cm³/mol. The van der Waals surface area contributed by atoms with Crippen molar-refractivity contribution < 1.29 is 23.7 Å². The van der Waals surface area contributed by atoms with Crippen molar-refractivity contribution >= 4 is 5.97 Å². The van der Waals surface area contributed by atoms with E-state index in [1.165, 1.54) is 0 Å². The SMILES string of the molecule is CC[C@H](OC(=O)C(C)C)C1C[C@H]2OC(C)(C)O[C@H]2O1. The minimum absolute atomic E-state index is 0.0631. The van der Waals surface area contributed by atoms with Gasteiger partial charge < -0.3 is 18.9 Å². The van der Waals surface area contributed by atoms with Crippen molar-refractivity contribution in [2.75, 3.05) is 0 Å². The fourth-order valence-electron chi connectivity index (χ4n) is 2.48. The van der Waals surface area contributed by atoms with E-state index in [4.69, 9.17) is 18.9 Å². The van der Waals surface area contributed by atoms with Gasteiger partial charge in [-0.2, -0.15) is 0 Å². The van der Waals surface area contributed by atoms with Crippen LogP contribution in [0.15, 0.2) is 0 Å². The second-order valence-corrected chi connectivity index (χ2v) is 5.99. The van der Waals surface area contributed by atoms with Crippen LogP contribution in [0, 0.1) is 5.92 Å². The highest BCUT2D eigenvalue weighted by molar-refractivity contribution is 5.71. The molecule has 19 heavy (non-hydrogen) atoms. The van der Waals surface area contributed by atoms with E-state index < -0.39 is 5.79 Å². The standard InChI is InChI=1S/C14H24O5/c1-6-9(16-12(15)8(2)3)10-7-11-13(17-10)19-14(4,5)18-11/h8-11,13H,6-7H2,1-5H3/t9-,10?,11+,13+/m0/s1. The highest BCUT2D eigenvalue weighted by atomic mass is 16.8. The lowest BCUT2D eigenvalue weighted by atomic mass is 10.1. The van der Waals surface area contributed by atoms with Gasteiger partial charge in [0.15, 0.2) is 12.1 Å². The first kappa shape index (κ1) is 14.8. The second-order valence-electron chi connectivity index (χ2n) is 5.99. The summed E-state index contributed by atoms with van der Waals surface area (Å²) in [4.78, 5) is 11.7. The summed E-state index contributed by atoms with van der Waals surface area (Å²) in [6, 6.07) is 0. The summed E-state index contributed by atoms with van der Waals surface area (Å²) in [5.41, 5.74) is 0. The minimum atomic E-state index is -0.587. The average molecular weight is 272 g/mol. The first-order valence-electron chi connectivity index (χ1n) is 7.04. The van der Waals surface area contributed by atoms with Crippen molar-refractivity contribution in [1.29, 1.82) is 0 Å². The van der Waals surface area contributed by atoms with E-state index in [-0.39, 0.29) is 36.5 Å². The summed E-state index contributed by atoms with van der Waals surface area (Å²) in [5, 5.41) is 0. The molecule has 2 heterocycles. The molecular formula is C14H24O5. The lowest BCUT2D eigenvalue weighted by Gasteiger charge is -2.25. The predicted octanol–water partition coefficient (Wildman–Crippen LogP) is 2.23. The Bertz CT molecular complexity index is 323. The van der Waals surface area contributed by atoms with Crippen molar-refractivity contribution in [3.8, 4) is 0 Å². The van der Waals surface area contributed by atoms with E-state index in [0.717, 1.165) is 6.42 Å². The molecule has 5 heteroatoms. The van der Waals surface area contributed by atoms with E-state index >= 15 is 0 Å². The van der Waals surface area contributed by atoms with Gasteiger partial charge >= 0.3 is 5.97 Å². The summed E-state index contributed by atoms with van der Waals surface area (Å²) in [5.74, 6) is -0.896. The normalized spacial score (nSPS) is 34.3. The van der Waals surface area contributed by atoms with Crippen LogP contribution in [0.25, 0.3) is 0 Å². The highest BCUT2D eigenvalue weighted by Crippen LogP contribution is 2.38. The van der Waals surface area contributed by atoms with Crippen LogP contribution in [-0.4, -0.2) is 36.4 Å². The zero-order chi connectivity index (χ0) is 14.2. The highest BCUT2D eigenvalue weighted by Gasteiger charge is 2.50. The number of carbonyl (C=O) groups excluding carboxylic acids is 1. The molecular weight excluding hydrogens is 248 g/mol. The molecule has 0 aromatic carbocycles. The Morgan fingerprint density at radius 2 is 2.05 bits per heavy atom. The zero-order valence-corrected chi connectivity index (χ0v) is 12.3. The summed E-state index contributed by atoms with van der Waals surface area (Å²) < 4.78 is 22.7. The molecule has 0 spiro atoms. The van der Waals surface area contributed by atoms with E-state index in [1.807, 2.05) is 34.6 Å². The first-order chi connectivity index (χ1) is 8.82. The Labute approximate surface area is 114 Å². The molecule has 0 aromatic heterocycles. The van der Waals surface area contributed by atoms with Crippen LogP contribution in [0.5, 0.6) is 0 Å². The van der Waals surface area contributed by atoms with Gasteiger partial charge in [0.1, 0.15) is 18.3 Å². The number of ether oxygens (including phenoxy) is 4. The Hall–Kier alpha value is -0.650.